The first kappa shape index (κ1) is 7.11. The van der Waals surface area contributed by atoms with Crippen molar-refractivity contribution in [3.8, 4) is 0 Å². The van der Waals surface area contributed by atoms with Crippen LogP contribution >= 0.6 is 7.68 Å². The van der Waals surface area contributed by atoms with E-state index in [9.17, 15) is 13.9 Å². The molecule has 0 heterocycles. The molecule has 0 aliphatic rings. The Balaban J connectivity index is 4.28. The Morgan fingerprint density at radius 2 is 1.88 bits per heavy atom. The van der Waals surface area contributed by atoms with E-state index in [0.29, 0.717) is 0 Å². The lowest BCUT2D eigenvalue weighted by Gasteiger charge is -1.78. The standard InChI is InChI=1S/C3H3O4P/c1-2(3(4)5)8(6)7/h1H2,(H,4,5). The summed E-state index contributed by atoms with van der Waals surface area (Å²) in [7, 11) is -3.00. The van der Waals surface area contributed by atoms with Crippen molar-refractivity contribution in [2.24, 2.45) is 0 Å². The predicted molar refractivity (Wildman–Crippen MR) is 25.1 cm³/mol. The van der Waals surface area contributed by atoms with Crippen LogP contribution in [0.4, 0.5) is 0 Å². The first-order valence-corrected chi connectivity index (χ1v) is 2.80. The average Bonchev–Trinajstić information content (AvgIpc) is 1.64. The van der Waals surface area contributed by atoms with Crippen LogP contribution in [0.1, 0.15) is 0 Å². The summed E-state index contributed by atoms with van der Waals surface area (Å²) in [6.07, 6.45) is 0. The van der Waals surface area contributed by atoms with Crippen molar-refractivity contribution in [1.29, 1.82) is 0 Å². The number of rotatable bonds is 2. The van der Waals surface area contributed by atoms with Gasteiger partial charge in [-0.15, -0.1) is 0 Å². The number of carboxylic acids is 1. The minimum absolute atomic E-state index is 0.778. The van der Waals surface area contributed by atoms with E-state index < -0.39 is 19.0 Å². The van der Waals surface area contributed by atoms with E-state index in [1.165, 1.54) is 0 Å². The van der Waals surface area contributed by atoms with Gasteiger partial charge >= 0.3 is 13.6 Å². The van der Waals surface area contributed by atoms with Gasteiger partial charge in [0.2, 0.25) is 0 Å². The zero-order valence-electron chi connectivity index (χ0n) is 3.83. The fourth-order valence-corrected chi connectivity index (χ4v) is 0.234. The van der Waals surface area contributed by atoms with Gasteiger partial charge in [0.25, 0.3) is 0 Å². The van der Waals surface area contributed by atoms with Crippen molar-refractivity contribution in [2.45, 2.75) is 0 Å². The van der Waals surface area contributed by atoms with Crippen molar-refractivity contribution in [3.63, 3.8) is 0 Å². The molecule has 0 fully saturated rings. The highest BCUT2D eigenvalue weighted by Crippen LogP contribution is 2.15. The van der Waals surface area contributed by atoms with Crippen LogP contribution in [0.5, 0.6) is 0 Å². The van der Waals surface area contributed by atoms with Gasteiger partial charge in [0, 0.05) is 0 Å². The largest absolute Gasteiger partial charge is 0.477 e. The molecule has 0 aliphatic heterocycles. The molecule has 8 heavy (non-hydrogen) atoms. The summed E-state index contributed by atoms with van der Waals surface area (Å²) < 4.78 is 19.4. The predicted octanol–water partition coefficient (Wildman–Crippen LogP) is 0.758. The fourth-order valence-electron chi connectivity index (χ4n) is 0.0781. The summed E-state index contributed by atoms with van der Waals surface area (Å²) in [5.41, 5.74) is 0. The first-order valence-electron chi connectivity index (χ1n) is 1.62. The highest BCUT2D eigenvalue weighted by Gasteiger charge is 2.07. The molecule has 0 amide bonds. The molecule has 0 aromatic heterocycles. The van der Waals surface area contributed by atoms with Crippen molar-refractivity contribution in [1.82, 2.24) is 0 Å². The van der Waals surface area contributed by atoms with Gasteiger partial charge in [0.1, 0.15) is 0 Å². The molecule has 4 nitrogen and oxygen atoms in total. The van der Waals surface area contributed by atoms with Crippen LogP contribution in [0.2, 0.25) is 0 Å². The quantitative estimate of drug-likeness (QED) is 0.447. The number of carbonyl (C=O) groups is 1. The van der Waals surface area contributed by atoms with Crippen molar-refractivity contribution in [3.05, 3.63) is 11.9 Å². The van der Waals surface area contributed by atoms with Crippen molar-refractivity contribution in [2.75, 3.05) is 0 Å². The van der Waals surface area contributed by atoms with E-state index in [2.05, 4.69) is 6.58 Å². The monoisotopic (exact) mass is 134 g/mol. The number of hydrogen-bond donors (Lipinski definition) is 1. The summed E-state index contributed by atoms with van der Waals surface area (Å²) in [5, 5.41) is 7.09. The van der Waals surface area contributed by atoms with Crippen LogP contribution in [-0.4, -0.2) is 11.1 Å². The highest BCUT2D eigenvalue weighted by atomic mass is 31.1. The normalized spacial score (nSPS) is 8.00. The van der Waals surface area contributed by atoms with E-state index in [0.717, 1.165) is 0 Å². The number of carboxylic acid groups (broad SMARTS) is 1. The lowest BCUT2D eigenvalue weighted by atomic mass is 10.7. The molecule has 0 radical (unpaired) electrons. The summed E-state index contributed by atoms with van der Waals surface area (Å²) in [6.45, 7) is 2.76. The van der Waals surface area contributed by atoms with Crippen LogP contribution in [0.3, 0.4) is 0 Å². The van der Waals surface area contributed by atoms with E-state index in [1.807, 2.05) is 0 Å². The lowest BCUT2D eigenvalue weighted by Crippen LogP contribution is -1.91. The summed E-state index contributed by atoms with van der Waals surface area (Å²) in [4.78, 5) is 9.66. The van der Waals surface area contributed by atoms with Crippen LogP contribution < -0.4 is 0 Å². The number of hydrogen-bond acceptors (Lipinski definition) is 3. The first-order chi connectivity index (χ1) is 3.55. The molecule has 0 aromatic rings. The molecule has 0 unspecified atom stereocenters. The van der Waals surface area contributed by atoms with Crippen LogP contribution in [0.25, 0.3) is 0 Å². The second kappa shape index (κ2) is 2.43. The van der Waals surface area contributed by atoms with Gasteiger partial charge in [-0.2, -0.15) is 0 Å². The van der Waals surface area contributed by atoms with Gasteiger partial charge in [-0.05, 0) is 0 Å². The van der Waals surface area contributed by atoms with Crippen molar-refractivity contribution < 1.29 is 19.0 Å². The highest BCUT2D eigenvalue weighted by molar-refractivity contribution is 7.38. The van der Waals surface area contributed by atoms with E-state index in [-0.39, 0.29) is 0 Å². The molecule has 0 spiro atoms. The van der Waals surface area contributed by atoms with Gasteiger partial charge in [0.15, 0.2) is 5.31 Å². The van der Waals surface area contributed by atoms with Crippen LogP contribution in [0, 0.1) is 0 Å². The van der Waals surface area contributed by atoms with Crippen molar-refractivity contribution >= 4 is 13.6 Å². The third kappa shape index (κ3) is 1.71. The molecule has 0 aliphatic carbocycles. The molecule has 5 heteroatoms. The summed E-state index contributed by atoms with van der Waals surface area (Å²) >= 11 is 0. The summed E-state index contributed by atoms with van der Waals surface area (Å²) in [6, 6.07) is 0. The molecular weight excluding hydrogens is 131 g/mol. The number of aliphatic carboxylic acids is 1. The van der Waals surface area contributed by atoms with Gasteiger partial charge in [-0.1, -0.05) is 6.58 Å². The Hall–Kier alpha value is -0.890. The average molecular weight is 134 g/mol. The van der Waals surface area contributed by atoms with E-state index in [4.69, 9.17) is 5.11 Å². The smallest absolute Gasteiger partial charge is 0.355 e. The van der Waals surface area contributed by atoms with Gasteiger partial charge in [-0.3, -0.25) is 0 Å². The third-order valence-electron chi connectivity index (χ3n) is 0.467. The molecule has 0 rings (SSSR count). The Morgan fingerprint density at radius 3 is 1.88 bits per heavy atom. The maximum atomic E-state index is 9.70. The topological polar surface area (TPSA) is 71.4 Å². The lowest BCUT2D eigenvalue weighted by molar-refractivity contribution is -0.131. The maximum absolute atomic E-state index is 9.70. The summed E-state index contributed by atoms with van der Waals surface area (Å²) in [5.74, 6) is -1.50. The van der Waals surface area contributed by atoms with Crippen LogP contribution in [-0.2, 0) is 13.9 Å². The molecule has 0 saturated carbocycles. The molecule has 44 valence electrons. The van der Waals surface area contributed by atoms with Gasteiger partial charge in [0.05, 0.1) is 0 Å². The molecule has 1 N–H and O–H groups in total. The zero-order valence-corrected chi connectivity index (χ0v) is 4.72. The Bertz CT molecular complexity index is 181. The Morgan fingerprint density at radius 1 is 1.50 bits per heavy atom. The minimum Gasteiger partial charge on any atom is -0.477 e. The van der Waals surface area contributed by atoms with Crippen LogP contribution in [0.15, 0.2) is 11.9 Å². The van der Waals surface area contributed by atoms with E-state index >= 15 is 0 Å². The third-order valence-corrected chi connectivity index (χ3v) is 1.10. The van der Waals surface area contributed by atoms with Gasteiger partial charge in [-0.25, -0.2) is 13.9 Å². The zero-order chi connectivity index (χ0) is 6.73. The van der Waals surface area contributed by atoms with E-state index in [1.54, 1.807) is 0 Å². The Kier molecular flexibility index (Phi) is 2.16. The second-order valence-corrected chi connectivity index (χ2v) is 2.06. The Labute approximate surface area is 45.6 Å². The molecular formula is C3H3O4P. The fraction of sp³-hybridized carbons (Fsp3) is 0. The second-order valence-electron chi connectivity index (χ2n) is 1.01. The molecule has 0 bridgehead atoms. The molecule has 0 atom stereocenters. The maximum Gasteiger partial charge on any atom is 0.355 e. The van der Waals surface area contributed by atoms with Gasteiger partial charge < -0.3 is 5.11 Å². The molecule has 0 saturated heterocycles. The SMILES string of the molecule is C=C(C(=O)O)P(=O)=O. The minimum atomic E-state index is -3.00. The molecule has 0 aromatic carbocycles.